The molecule has 6 heteroatoms. The van der Waals surface area contributed by atoms with Crippen LogP contribution >= 0.6 is 0 Å². The van der Waals surface area contributed by atoms with E-state index >= 15 is 0 Å². The Balaban J connectivity index is 1.63. The molecule has 2 amide bonds. The summed E-state index contributed by atoms with van der Waals surface area (Å²) in [6.45, 7) is 4.00. The van der Waals surface area contributed by atoms with Crippen LogP contribution in [0.4, 0.5) is 5.69 Å². The molecule has 6 nitrogen and oxygen atoms in total. The van der Waals surface area contributed by atoms with Crippen LogP contribution in [0.5, 0.6) is 5.75 Å². The predicted octanol–water partition coefficient (Wildman–Crippen LogP) is 3.73. The zero-order valence-electron chi connectivity index (χ0n) is 16.4. The Hall–Kier alpha value is -3.67. The Kier molecular flexibility index (Phi) is 6.58. The number of nitrogens with one attached hydrogen (secondary N) is 2. The van der Waals surface area contributed by atoms with Gasteiger partial charge in [-0.05, 0) is 49.7 Å². The van der Waals surface area contributed by atoms with Crippen LogP contribution in [0.1, 0.15) is 28.4 Å². The number of para-hydroxylation sites is 1. The van der Waals surface area contributed by atoms with Crippen LogP contribution in [-0.2, 0) is 11.3 Å². The number of hydrogen-bond acceptors (Lipinski definition) is 4. The molecule has 0 saturated heterocycles. The van der Waals surface area contributed by atoms with E-state index in [0.717, 1.165) is 11.1 Å². The second kappa shape index (κ2) is 9.50. The number of rotatable bonds is 7. The smallest absolute Gasteiger partial charge is 0.265 e. The van der Waals surface area contributed by atoms with Gasteiger partial charge in [0.25, 0.3) is 11.8 Å². The lowest BCUT2D eigenvalue weighted by molar-refractivity contribution is -0.122. The number of aryl methyl sites for hydroxylation is 1. The maximum atomic E-state index is 12.6. The Morgan fingerprint density at radius 1 is 1.03 bits per heavy atom. The molecular formula is C23H23N3O3. The van der Waals surface area contributed by atoms with Gasteiger partial charge in [-0.15, -0.1) is 0 Å². The molecule has 2 N–H and O–H groups in total. The number of ether oxygens (including phenoxy) is 1. The predicted molar refractivity (Wildman–Crippen MR) is 112 cm³/mol. The molecular weight excluding hydrogens is 366 g/mol. The van der Waals surface area contributed by atoms with Gasteiger partial charge in [0.15, 0.2) is 6.10 Å². The summed E-state index contributed by atoms with van der Waals surface area (Å²) in [6.07, 6.45) is 2.65. The molecule has 1 atom stereocenters. The van der Waals surface area contributed by atoms with Gasteiger partial charge in [-0.1, -0.05) is 35.9 Å². The van der Waals surface area contributed by atoms with Crippen molar-refractivity contribution in [2.24, 2.45) is 0 Å². The van der Waals surface area contributed by atoms with Crippen molar-refractivity contribution in [3.63, 3.8) is 0 Å². The standard InChI is InChI=1S/C23H23N3O3/c1-16-9-11-19(12-10-16)29-17(2)22(27)26-21-8-4-3-7-20(21)23(28)25-15-18-6-5-13-24-14-18/h3-14,17H,15H2,1-2H3,(H,25,28)(H,26,27)/t17-/m0/s1. The van der Waals surface area contributed by atoms with Crippen LogP contribution in [0.25, 0.3) is 0 Å². The number of aromatic nitrogens is 1. The minimum Gasteiger partial charge on any atom is -0.481 e. The van der Waals surface area contributed by atoms with Crippen molar-refractivity contribution in [3.05, 3.63) is 89.7 Å². The second-order valence-electron chi connectivity index (χ2n) is 6.65. The molecule has 3 rings (SSSR count). The SMILES string of the molecule is Cc1ccc(O[C@@H](C)C(=O)Nc2ccccc2C(=O)NCc2cccnc2)cc1. The molecule has 3 aromatic rings. The van der Waals surface area contributed by atoms with E-state index in [1.165, 1.54) is 0 Å². The van der Waals surface area contributed by atoms with Gasteiger partial charge in [0.05, 0.1) is 11.3 Å². The van der Waals surface area contributed by atoms with Crippen molar-refractivity contribution in [2.45, 2.75) is 26.5 Å². The van der Waals surface area contributed by atoms with Gasteiger partial charge in [0.2, 0.25) is 0 Å². The van der Waals surface area contributed by atoms with Gasteiger partial charge < -0.3 is 15.4 Å². The average molecular weight is 389 g/mol. The van der Waals surface area contributed by atoms with Crippen LogP contribution in [0.3, 0.4) is 0 Å². The van der Waals surface area contributed by atoms with E-state index < -0.39 is 6.10 Å². The van der Waals surface area contributed by atoms with Gasteiger partial charge in [-0.2, -0.15) is 0 Å². The Morgan fingerprint density at radius 2 is 1.79 bits per heavy atom. The Bertz CT molecular complexity index is 972. The largest absolute Gasteiger partial charge is 0.481 e. The normalized spacial score (nSPS) is 11.4. The van der Waals surface area contributed by atoms with E-state index in [2.05, 4.69) is 15.6 Å². The third-order valence-corrected chi connectivity index (χ3v) is 4.31. The number of carbonyl (C=O) groups is 2. The molecule has 1 heterocycles. The number of pyridine rings is 1. The highest BCUT2D eigenvalue weighted by atomic mass is 16.5. The molecule has 0 bridgehead atoms. The fourth-order valence-electron chi connectivity index (χ4n) is 2.68. The number of anilines is 1. The topological polar surface area (TPSA) is 80.3 Å². The molecule has 0 unspecified atom stereocenters. The summed E-state index contributed by atoms with van der Waals surface area (Å²) >= 11 is 0. The van der Waals surface area contributed by atoms with Gasteiger partial charge >= 0.3 is 0 Å². The van der Waals surface area contributed by atoms with E-state index in [0.29, 0.717) is 23.5 Å². The van der Waals surface area contributed by atoms with E-state index in [1.54, 1.807) is 43.6 Å². The number of nitrogens with zero attached hydrogens (tertiary/aromatic N) is 1. The van der Waals surface area contributed by atoms with E-state index in [4.69, 9.17) is 4.74 Å². The first-order valence-corrected chi connectivity index (χ1v) is 9.33. The third-order valence-electron chi connectivity index (χ3n) is 4.31. The number of amides is 2. The van der Waals surface area contributed by atoms with Gasteiger partial charge in [0.1, 0.15) is 5.75 Å². The third kappa shape index (κ3) is 5.65. The summed E-state index contributed by atoms with van der Waals surface area (Å²) in [7, 11) is 0. The monoisotopic (exact) mass is 389 g/mol. The summed E-state index contributed by atoms with van der Waals surface area (Å²) in [4.78, 5) is 29.2. The van der Waals surface area contributed by atoms with Crippen molar-refractivity contribution in [1.29, 1.82) is 0 Å². The molecule has 0 aliphatic heterocycles. The van der Waals surface area contributed by atoms with Crippen molar-refractivity contribution >= 4 is 17.5 Å². The van der Waals surface area contributed by atoms with E-state index in [1.807, 2.05) is 43.3 Å². The molecule has 29 heavy (non-hydrogen) atoms. The van der Waals surface area contributed by atoms with Crippen molar-refractivity contribution in [1.82, 2.24) is 10.3 Å². The first kappa shape index (κ1) is 20.1. The lowest BCUT2D eigenvalue weighted by Crippen LogP contribution is -2.31. The highest BCUT2D eigenvalue weighted by molar-refractivity contribution is 6.04. The summed E-state index contributed by atoms with van der Waals surface area (Å²) in [6, 6.07) is 18.0. The lowest BCUT2D eigenvalue weighted by Gasteiger charge is -2.16. The van der Waals surface area contributed by atoms with Crippen LogP contribution in [-0.4, -0.2) is 22.9 Å². The van der Waals surface area contributed by atoms with Crippen LogP contribution in [0, 0.1) is 6.92 Å². The fourth-order valence-corrected chi connectivity index (χ4v) is 2.68. The summed E-state index contributed by atoms with van der Waals surface area (Å²) < 4.78 is 5.69. The molecule has 148 valence electrons. The number of benzene rings is 2. The zero-order chi connectivity index (χ0) is 20.6. The van der Waals surface area contributed by atoms with Crippen molar-refractivity contribution in [2.75, 3.05) is 5.32 Å². The minimum atomic E-state index is -0.718. The Labute approximate surface area is 169 Å². The van der Waals surface area contributed by atoms with E-state index in [-0.39, 0.29) is 11.8 Å². The summed E-state index contributed by atoms with van der Waals surface area (Å²) in [5.74, 6) is -0.00399. The first-order valence-electron chi connectivity index (χ1n) is 9.33. The molecule has 2 aromatic carbocycles. The molecule has 0 aliphatic rings. The molecule has 0 saturated carbocycles. The first-order chi connectivity index (χ1) is 14.0. The van der Waals surface area contributed by atoms with Crippen LogP contribution in [0.15, 0.2) is 73.1 Å². The van der Waals surface area contributed by atoms with Gasteiger partial charge in [-0.25, -0.2) is 0 Å². The van der Waals surface area contributed by atoms with Crippen molar-refractivity contribution in [3.8, 4) is 5.75 Å². The molecule has 0 radical (unpaired) electrons. The highest BCUT2D eigenvalue weighted by Crippen LogP contribution is 2.17. The zero-order valence-corrected chi connectivity index (χ0v) is 16.4. The fraction of sp³-hybridized carbons (Fsp3) is 0.174. The quantitative estimate of drug-likeness (QED) is 0.645. The highest BCUT2D eigenvalue weighted by Gasteiger charge is 2.18. The second-order valence-corrected chi connectivity index (χ2v) is 6.65. The van der Waals surface area contributed by atoms with E-state index in [9.17, 15) is 9.59 Å². The number of carbonyl (C=O) groups excluding carboxylic acids is 2. The summed E-state index contributed by atoms with van der Waals surface area (Å²) in [5, 5.41) is 5.63. The minimum absolute atomic E-state index is 0.281. The lowest BCUT2D eigenvalue weighted by atomic mass is 10.1. The van der Waals surface area contributed by atoms with Crippen LogP contribution < -0.4 is 15.4 Å². The number of hydrogen-bond donors (Lipinski definition) is 2. The molecule has 0 spiro atoms. The molecule has 1 aromatic heterocycles. The maximum absolute atomic E-state index is 12.6. The van der Waals surface area contributed by atoms with Crippen LogP contribution in [0.2, 0.25) is 0 Å². The summed E-state index contributed by atoms with van der Waals surface area (Å²) in [5.41, 5.74) is 2.82. The maximum Gasteiger partial charge on any atom is 0.265 e. The van der Waals surface area contributed by atoms with Crippen molar-refractivity contribution < 1.29 is 14.3 Å². The van der Waals surface area contributed by atoms with Gasteiger partial charge in [0, 0.05) is 18.9 Å². The molecule has 0 aliphatic carbocycles. The molecule has 0 fully saturated rings. The average Bonchev–Trinajstić information content (AvgIpc) is 2.74. The van der Waals surface area contributed by atoms with Gasteiger partial charge in [-0.3, -0.25) is 14.6 Å². The Morgan fingerprint density at radius 3 is 2.52 bits per heavy atom.